The number of nitrogens with one attached hydrogen (secondary N) is 1. The average Bonchev–Trinajstić information content (AvgIpc) is 3.57. The summed E-state index contributed by atoms with van der Waals surface area (Å²) in [6, 6.07) is 17.3. The zero-order valence-electron chi connectivity index (χ0n) is 17.7. The van der Waals surface area contributed by atoms with Crippen LogP contribution in [0.5, 0.6) is 11.5 Å². The molecule has 0 bridgehead atoms. The largest absolute Gasteiger partial charge is 0.490 e. The maximum atomic E-state index is 6.10. The Morgan fingerprint density at radius 1 is 0.967 bits per heavy atom. The Morgan fingerprint density at radius 3 is 2.37 bits per heavy atom. The highest BCUT2D eigenvalue weighted by atomic mass is 35.5. The molecule has 0 unspecified atom stereocenters. The van der Waals surface area contributed by atoms with E-state index in [9.17, 15) is 0 Å². The van der Waals surface area contributed by atoms with Crippen molar-refractivity contribution in [3.8, 4) is 11.5 Å². The van der Waals surface area contributed by atoms with Crippen LogP contribution >= 0.6 is 24.8 Å². The van der Waals surface area contributed by atoms with E-state index in [0.717, 1.165) is 43.6 Å². The van der Waals surface area contributed by atoms with Gasteiger partial charge in [0.05, 0.1) is 6.61 Å². The van der Waals surface area contributed by atoms with Crippen molar-refractivity contribution in [2.75, 3.05) is 32.8 Å². The zero-order chi connectivity index (χ0) is 19.2. The van der Waals surface area contributed by atoms with Gasteiger partial charge in [0.2, 0.25) is 0 Å². The summed E-state index contributed by atoms with van der Waals surface area (Å²) in [7, 11) is 0. The van der Waals surface area contributed by atoms with Crippen molar-refractivity contribution >= 4 is 24.8 Å². The summed E-state index contributed by atoms with van der Waals surface area (Å²) in [4.78, 5) is 2.64. The normalized spacial score (nSPS) is 17.4. The summed E-state index contributed by atoms with van der Waals surface area (Å²) < 4.78 is 12.1. The first-order valence-corrected chi connectivity index (χ1v) is 10.7. The molecule has 0 spiro atoms. The van der Waals surface area contributed by atoms with Crippen LogP contribution in [0.4, 0.5) is 0 Å². The van der Waals surface area contributed by atoms with Crippen molar-refractivity contribution in [3.05, 3.63) is 59.7 Å². The molecule has 1 saturated heterocycles. The second-order valence-corrected chi connectivity index (χ2v) is 7.89. The van der Waals surface area contributed by atoms with Crippen molar-refractivity contribution < 1.29 is 9.47 Å². The number of halogens is 2. The van der Waals surface area contributed by atoms with Crippen molar-refractivity contribution in [2.24, 2.45) is 5.92 Å². The Kier molecular flexibility index (Phi) is 10.3. The summed E-state index contributed by atoms with van der Waals surface area (Å²) in [5.74, 6) is 2.59. The fraction of sp³-hybridized carbons (Fsp3) is 0.500. The second kappa shape index (κ2) is 12.4. The van der Waals surface area contributed by atoms with Crippen LogP contribution in [0.2, 0.25) is 0 Å². The molecule has 6 heteroatoms. The number of ether oxygens (including phenoxy) is 2. The van der Waals surface area contributed by atoms with Crippen LogP contribution in [0.1, 0.15) is 43.4 Å². The lowest BCUT2D eigenvalue weighted by atomic mass is 9.98. The second-order valence-electron chi connectivity index (χ2n) is 7.89. The molecule has 1 heterocycles. The highest BCUT2D eigenvalue weighted by Crippen LogP contribution is 2.42. The van der Waals surface area contributed by atoms with E-state index in [1.807, 2.05) is 25.1 Å². The average molecular weight is 453 g/mol. The number of nitrogens with zero attached hydrogens (tertiary/aromatic N) is 1. The first-order chi connectivity index (χ1) is 13.8. The summed E-state index contributed by atoms with van der Waals surface area (Å²) in [6.45, 7) is 7.64. The predicted molar refractivity (Wildman–Crippen MR) is 127 cm³/mol. The van der Waals surface area contributed by atoms with Gasteiger partial charge in [0.1, 0.15) is 6.61 Å². The van der Waals surface area contributed by atoms with Crippen molar-refractivity contribution in [1.82, 2.24) is 10.2 Å². The topological polar surface area (TPSA) is 33.7 Å². The number of hydrogen-bond acceptors (Lipinski definition) is 4. The molecule has 2 aliphatic rings. The number of benzene rings is 2. The molecule has 30 heavy (non-hydrogen) atoms. The monoisotopic (exact) mass is 452 g/mol. The molecule has 1 aliphatic carbocycles. The Hall–Kier alpha value is -1.46. The molecular weight excluding hydrogens is 419 g/mol. The van der Waals surface area contributed by atoms with Gasteiger partial charge in [-0.25, -0.2) is 0 Å². The van der Waals surface area contributed by atoms with Gasteiger partial charge in [-0.1, -0.05) is 49.2 Å². The van der Waals surface area contributed by atoms with Gasteiger partial charge in [0.15, 0.2) is 11.5 Å². The van der Waals surface area contributed by atoms with Crippen LogP contribution in [0, 0.1) is 5.92 Å². The number of hydrogen-bond donors (Lipinski definition) is 1. The maximum Gasteiger partial charge on any atom is 0.161 e. The predicted octanol–water partition coefficient (Wildman–Crippen LogP) is 5.25. The zero-order valence-corrected chi connectivity index (χ0v) is 19.4. The molecule has 2 fully saturated rings. The van der Waals surface area contributed by atoms with Crippen LogP contribution in [0.3, 0.4) is 0 Å². The van der Waals surface area contributed by atoms with Crippen molar-refractivity contribution in [3.63, 3.8) is 0 Å². The lowest BCUT2D eigenvalue weighted by Gasteiger charge is -2.35. The van der Waals surface area contributed by atoms with E-state index in [1.54, 1.807) is 0 Å². The molecule has 0 amide bonds. The molecule has 1 saturated carbocycles. The molecule has 0 aromatic heterocycles. The minimum absolute atomic E-state index is 0. The Balaban J connectivity index is 0.00000160. The minimum Gasteiger partial charge on any atom is -0.490 e. The van der Waals surface area contributed by atoms with Crippen LogP contribution in [-0.4, -0.2) is 37.7 Å². The molecular formula is C24H34Cl2N2O2. The lowest BCUT2D eigenvalue weighted by Crippen LogP contribution is -2.45. The highest BCUT2D eigenvalue weighted by molar-refractivity contribution is 5.85. The fourth-order valence-corrected chi connectivity index (χ4v) is 4.01. The molecule has 2 aromatic rings. The minimum atomic E-state index is 0. The van der Waals surface area contributed by atoms with Crippen LogP contribution in [0.25, 0.3) is 0 Å². The van der Waals surface area contributed by atoms with E-state index in [1.165, 1.54) is 30.4 Å². The van der Waals surface area contributed by atoms with Crippen molar-refractivity contribution in [1.29, 1.82) is 0 Å². The van der Waals surface area contributed by atoms with E-state index in [4.69, 9.17) is 9.47 Å². The first-order valence-electron chi connectivity index (χ1n) is 10.7. The van der Waals surface area contributed by atoms with Crippen molar-refractivity contribution in [2.45, 2.75) is 38.8 Å². The third-order valence-electron chi connectivity index (χ3n) is 5.74. The summed E-state index contributed by atoms with van der Waals surface area (Å²) in [5, 5.41) is 3.48. The molecule has 4 rings (SSSR count). The van der Waals surface area contributed by atoms with Gasteiger partial charge in [-0.2, -0.15) is 0 Å². The van der Waals surface area contributed by atoms with E-state index in [2.05, 4.69) is 40.5 Å². The molecule has 1 atom stereocenters. The maximum absolute atomic E-state index is 6.10. The van der Waals surface area contributed by atoms with Gasteiger partial charge in [-0.3, -0.25) is 4.90 Å². The van der Waals surface area contributed by atoms with Gasteiger partial charge in [-0.05, 0) is 42.5 Å². The first kappa shape index (κ1) is 24.8. The molecule has 166 valence electrons. The lowest BCUT2D eigenvalue weighted by molar-refractivity contribution is 0.160. The van der Waals surface area contributed by atoms with E-state index < -0.39 is 0 Å². The number of rotatable bonds is 9. The van der Waals surface area contributed by atoms with E-state index in [0.29, 0.717) is 19.3 Å². The third kappa shape index (κ3) is 6.78. The fourth-order valence-electron chi connectivity index (χ4n) is 4.01. The SMILES string of the molecule is CCOc1cc([C@H](CC2CC2)N2CCNCC2)ccc1OCc1ccccc1.Cl.Cl. The number of piperazine rings is 1. The van der Waals surface area contributed by atoms with Gasteiger partial charge in [0, 0.05) is 32.2 Å². The smallest absolute Gasteiger partial charge is 0.161 e. The summed E-state index contributed by atoms with van der Waals surface area (Å²) >= 11 is 0. The third-order valence-corrected chi connectivity index (χ3v) is 5.74. The molecule has 1 aliphatic heterocycles. The summed E-state index contributed by atoms with van der Waals surface area (Å²) in [5.41, 5.74) is 2.53. The molecule has 0 radical (unpaired) electrons. The van der Waals surface area contributed by atoms with E-state index >= 15 is 0 Å². The van der Waals surface area contributed by atoms with E-state index in [-0.39, 0.29) is 24.8 Å². The van der Waals surface area contributed by atoms with Crippen LogP contribution in [-0.2, 0) is 6.61 Å². The Bertz CT molecular complexity index is 750. The van der Waals surface area contributed by atoms with Gasteiger partial charge in [-0.15, -0.1) is 24.8 Å². The molecule has 1 N–H and O–H groups in total. The molecule has 4 nitrogen and oxygen atoms in total. The van der Waals surface area contributed by atoms with Gasteiger partial charge < -0.3 is 14.8 Å². The quantitative estimate of drug-likeness (QED) is 0.562. The van der Waals surface area contributed by atoms with Crippen LogP contribution < -0.4 is 14.8 Å². The van der Waals surface area contributed by atoms with Crippen LogP contribution in [0.15, 0.2) is 48.5 Å². The van der Waals surface area contributed by atoms with Gasteiger partial charge in [0.25, 0.3) is 0 Å². The summed E-state index contributed by atoms with van der Waals surface area (Å²) in [6.07, 6.45) is 4.04. The Morgan fingerprint density at radius 2 is 1.70 bits per heavy atom. The molecule has 2 aromatic carbocycles. The van der Waals surface area contributed by atoms with Gasteiger partial charge >= 0.3 is 0 Å². The standard InChI is InChI=1S/C24H32N2O2.2ClH/c1-2-27-24-17-21(10-11-23(24)28-18-20-6-4-3-5-7-20)22(16-19-8-9-19)26-14-12-25-13-15-26;;/h3-7,10-11,17,19,22,25H,2,8-9,12-16,18H2,1H3;2*1H/t22-;;/m0../s1. The Labute approximate surface area is 193 Å². The highest BCUT2D eigenvalue weighted by Gasteiger charge is 2.31.